The lowest BCUT2D eigenvalue weighted by atomic mass is 9.87. The number of rotatable bonds is 7. The lowest BCUT2D eigenvalue weighted by Crippen LogP contribution is -2.58. The topological polar surface area (TPSA) is 129 Å². The van der Waals surface area contributed by atoms with Crippen molar-refractivity contribution in [2.45, 2.75) is 43.3 Å². The van der Waals surface area contributed by atoms with Crippen LogP contribution in [0.15, 0.2) is 61.1 Å². The number of alkyl halides is 2. The molecule has 1 N–H and O–H groups in total. The maximum atomic E-state index is 14.5. The highest BCUT2D eigenvalue weighted by atomic mass is 35.5. The number of carbonyl (C=O) groups is 3. The van der Waals surface area contributed by atoms with Crippen molar-refractivity contribution >= 4 is 41.0 Å². The molecule has 2 unspecified atom stereocenters. The number of cyclic esters (lactones) is 1. The van der Waals surface area contributed by atoms with E-state index in [1.807, 2.05) is 6.07 Å². The van der Waals surface area contributed by atoms with E-state index in [0.717, 1.165) is 28.3 Å². The van der Waals surface area contributed by atoms with E-state index in [9.17, 15) is 32.8 Å². The second-order valence-corrected chi connectivity index (χ2v) is 10.2. The van der Waals surface area contributed by atoms with Crippen molar-refractivity contribution in [3.05, 3.63) is 83.0 Å². The maximum Gasteiger partial charge on any atom is 0.416 e. The van der Waals surface area contributed by atoms with Gasteiger partial charge >= 0.3 is 6.09 Å². The zero-order valence-electron chi connectivity index (χ0n) is 21.7. The Balaban J connectivity index is 1.62. The molecule has 216 valence electrons. The summed E-state index contributed by atoms with van der Waals surface area (Å²) >= 11 is 6.47. The Morgan fingerprint density at radius 1 is 1.21 bits per heavy atom. The summed E-state index contributed by atoms with van der Waals surface area (Å²) in [5, 5.41) is 12.0. The summed E-state index contributed by atoms with van der Waals surface area (Å²) in [7, 11) is 0. The standard InChI is InChI=1S/C28H22ClF3N6O4/c29-21-4-2-1-3-20(21)24(25(39)36-18-11-28(31,32)12-18)37(19-10-17(30)14-34-15-19)26(40)22-6-8-42-27(41)38(22)23-9-16(13-33)5-7-35-23/h1-5,7,9-10,14-15,18,22,24H,6,8,11-12H2,(H,36,39). The molecule has 5 rings (SSSR count). The summed E-state index contributed by atoms with van der Waals surface area (Å²) in [6.07, 6.45) is 1.15. The van der Waals surface area contributed by atoms with E-state index < -0.39 is 60.6 Å². The molecule has 2 fully saturated rings. The third-order valence-electron chi connectivity index (χ3n) is 6.88. The van der Waals surface area contributed by atoms with Crippen LogP contribution < -0.4 is 15.1 Å². The number of amides is 3. The summed E-state index contributed by atoms with van der Waals surface area (Å²) in [5.74, 6) is -5.54. The van der Waals surface area contributed by atoms with Gasteiger partial charge in [-0.25, -0.2) is 27.8 Å². The fourth-order valence-corrected chi connectivity index (χ4v) is 5.16. The third kappa shape index (κ3) is 5.84. The molecule has 42 heavy (non-hydrogen) atoms. The minimum Gasteiger partial charge on any atom is -0.449 e. The molecular formula is C28H22ClF3N6O4. The van der Waals surface area contributed by atoms with E-state index >= 15 is 0 Å². The first-order valence-electron chi connectivity index (χ1n) is 12.8. The van der Waals surface area contributed by atoms with Crippen molar-refractivity contribution in [2.75, 3.05) is 16.4 Å². The average molecular weight is 599 g/mol. The van der Waals surface area contributed by atoms with Crippen LogP contribution in [0, 0.1) is 17.1 Å². The molecule has 3 amide bonds. The Kier molecular flexibility index (Phi) is 8.00. The first kappa shape index (κ1) is 28.8. The van der Waals surface area contributed by atoms with Gasteiger partial charge < -0.3 is 10.1 Å². The van der Waals surface area contributed by atoms with Gasteiger partial charge in [-0.05, 0) is 18.2 Å². The lowest BCUT2D eigenvalue weighted by Gasteiger charge is -2.40. The highest BCUT2D eigenvalue weighted by molar-refractivity contribution is 6.31. The minimum atomic E-state index is -2.94. The predicted molar refractivity (Wildman–Crippen MR) is 143 cm³/mol. The monoisotopic (exact) mass is 598 g/mol. The number of nitriles is 1. The fraction of sp³-hybridized carbons (Fsp3) is 0.286. The fourth-order valence-electron chi connectivity index (χ4n) is 4.92. The number of benzene rings is 1. The average Bonchev–Trinajstić information content (AvgIpc) is 2.95. The van der Waals surface area contributed by atoms with Gasteiger partial charge in [0.1, 0.15) is 23.7 Å². The van der Waals surface area contributed by atoms with Crippen LogP contribution in [-0.2, 0) is 14.3 Å². The normalized spacial score (nSPS) is 18.7. The number of nitrogens with zero attached hydrogens (tertiary/aromatic N) is 5. The Morgan fingerprint density at radius 3 is 2.67 bits per heavy atom. The molecule has 1 aliphatic carbocycles. The first-order chi connectivity index (χ1) is 20.1. The highest BCUT2D eigenvalue weighted by Gasteiger charge is 2.48. The molecule has 2 aromatic heterocycles. The molecule has 1 aromatic carbocycles. The zero-order chi connectivity index (χ0) is 30.0. The number of carbonyl (C=O) groups excluding carboxylic acids is 3. The third-order valence-corrected chi connectivity index (χ3v) is 7.22. The van der Waals surface area contributed by atoms with Crippen LogP contribution in [0.25, 0.3) is 0 Å². The number of pyridine rings is 2. The Morgan fingerprint density at radius 2 is 1.98 bits per heavy atom. The van der Waals surface area contributed by atoms with Crippen molar-refractivity contribution in [1.82, 2.24) is 15.3 Å². The molecule has 14 heteroatoms. The summed E-state index contributed by atoms with van der Waals surface area (Å²) in [4.78, 5) is 51.1. The summed E-state index contributed by atoms with van der Waals surface area (Å²) in [5.41, 5.74) is 0.118. The van der Waals surface area contributed by atoms with Gasteiger partial charge in [0.2, 0.25) is 5.91 Å². The minimum absolute atomic E-state index is 0.0615. The van der Waals surface area contributed by atoms with Crippen LogP contribution in [0.1, 0.15) is 36.4 Å². The lowest BCUT2D eigenvalue weighted by molar-refractivity contribution is -0.133. The Labute approximate surface area is 242 Å². The van der Waals surface area contributed by atoms with Crippen molar-refractivity contribution in [2.24, 2.45) is 0 Å². The van der Waals surface area contributed by atoms with E-state index in [2.05, 4.69) is 15.3 Å². The first-order valence-corrected chi connectivity index (χ1v) is 13.1. The van der Waals surface area contributed by atoms with Gasteiger partial charge in [-0.15, -0.1) is 0 Å². The molecule has 2 atom stereocenters. The molecule has 0 bridgehead atoms. The largest absolute Gasteiger partial charge is 0.449 e. The van der Waals surface area contributed by atoms with Crippen LogP contribution in [-0.4, -0.2) is 52.5 Å². The van der Waals surface area contributed by atoms with Crippen LogP contribution in [0.2, 0.25) is 5.02 Å². The quantitative estimate of drug-likeness (QED) is 0.423. The molecule has 0 spiro atoms. The smallest absolute Gasteiger partial charge is 0.416 e. The Hall–Kier alpha value is -4.70. The molecular weight excluding hydrogens is 577 g/mol. The molecule has 3 heterocycles. The number of hydrogen-bond acceptors (Lipinski definition) is 7. The second-order valence-electron chi connectivity index (χ2n) is 9.77. The van der Waals surface area contributed by atoms with Crippen LogP contribution >= 0.6 is 11.6 Å². The van der Waals surface area contributed by atoms with E-state index in [1.165, 1.54) is 30.5 Å². The van der Waals surface area contributed by atoms with Crippen molar-refractivity contribution in [3.63, 3.8) is 0 Å². The van der Waals surface area contributed by atoms with Crippen molar-refractivity contribution < 1.29 is 32.3 Å². The zero-order valence-corrected chi connectivity index (χ0v) is 22.5. The van der Waals surface area contributed by atoms with Crippen LogP contribution in [0.3, 0.4) is 0 Å². The van der Waals surface area contributed by atoms with E-state index in [1.54, 1.807) is 12.1 Å². The number of halogens is 4. The second kappa shape index (κ2) is 11.7. The molecule has 1 saturated heterocycles. The molecule has 10 nitrogen and oxygen atoms in total. The van der Waals surface area contributed by atoms with E-state index in [0.29, 0.717) is 0 Å². The molecule has 1 saturated carbocycles. The summed E-state index contributed by atoms with van der Waals surface area (Å²) < 4.78 is 46.8. The molecule has 0 radical (unpaired) electrons. The van der Waals surface area contributed by atoms with Gasteiger partial charge in [-0.1, -0.05) is 29.8 Å². The number of nitrogens with one attached hydrogen (secondary N) is 1. The molecule has 2 aliphatic rings. The van der Waals surface area contributed by atoms with Crippen molar-refractivity contribution in [3.8, 4) is 6.07 Å². The van der Waals surface area contributed by atoms with Gasteiger partial charge in [0.15, 0.2) is 0 Å². The van der Waals surface area contributed by atoms with Gasteiger partial charge in [0.25, 0.3) is 11.8 Å². The van der Waals surface area contributed by atoms with Crippen LogP contribution in [0.4, 0.5) is 29.5 Å². The highest BCUT2D eigenvalue weighted by Crippen LogP contribution is 2.39. The summed E-state index contributed by atoms with van der Waals surface area (Å²) in [6.45, 7) is -0.168. The van der Waals surface area contributed by atoms with Gasteiger partial charge in [-0.3, -0.25) is 19.5 Å². The van der Waals surface area contributed by atoms with E-state index in [4.69, 9.17) is 16.3 Å². The molecule has 3 aromatic rings. The van der Waals surface area contributed by atoms with Gasteiger partial charge in [0.05, 0.1) is 36.3 Å². The summed E-state index contributed by atoms with van der Waals surface area (Å²) in [6, 6.07) is 7.91. The number of aromatic nitrogens is 2. The van der Waals surface area contributed by atoms with Crippen LogP contribution in [0.5, 0.6) is 0 Å². The van der Waals surface area contributed by atoms with Gasteiger partial charge in [-0.2, -0.15) is 5.26 Å². The predicted octanol–water partition coefficient (Wildman–Crippen LogP) is 4.54. The number of hydrogen-bond donors (Lipinski definition) is 1. The van der Waals surface area contributed by atoms with Crippen molar-refractivity contribution in [1.29, 1.82) is 5.26 Å². The number of anilines is 2. The Bertz CT molecular complexity index is 1580. The SMILES string of the molecule is N#Cc1ccnc(N2C(=O)OCCC2C(=O)N(c2cncc(F)c2)C(C(=O)NC2CC(F)(F)C2)c2ccccc2Cl)c1. The maximum absolute atomic E-state index is 14.5. The van der Waals surface area contributed by atoms with Gasteiger partial charge in [0, 0.05) is 48.2 Å². The van der Waals surface area contributed by atoms with E-state index in [-0.39, 0.29) is 40.7 Å². The molecule has 1 aliphatic heterocycles. The number of ether oxygens (including phenoxy) is 1.